The number of hydrogen-bond donors (Lipinski definition) is 3. The fourth-order valence-electron chi connectivity index (χ4n) is 4.41. The molecule has 0 atom stereocenters. The van der Waals surface area contributed by atoms with Crippen molar-refractivity contribution in [3.05, 3.63) is 53.7 Å². The molecule has 2 amide bonds. The van der Waals surface area contributed by atoms with E-state index in [4.69, 9.17) is 14.2 Å². The monoisotopic (exact) mass is 466 g/mol. The van der Waals surface area contributed by atoms with E-state index in [1.807, 2.05) is 12.1 Å². The maximum absolute atomic E-state index is 12.4. The lowest BCUT2D eigenvalue weighted by Crippen LogP contribution is -2.47. The maximum atomic E-state index is 12.4. The van der Waals surface area contributed by atoms with Crippen LogP contribution in [0.3, 0.4) is 0 Å². The van der Waals surface area contributed by atoms with Crippen LogP contribution in [0.1, 0.15) is 34.7 Å². The first-order chi connectivity index (χ1) is 16.5. The number of H-pyrrole nitrogens is 1. The fourth-order valence-corrected chi connectivity index (χ4v) is 4.41. The van der Waals surface area contributed by atoms with Crippen LogP contribution >= 0.6 is 0 Å². The number of methoxy groups -OCH3 is 3. The number of nitrogens with one attached hydrogen (secondary N) is 3. The Hall–Kier alpha value is -3.72. The molecule has 1 fully saturated rings. The van der Waals surface area contributed by atoms with Crippen LogP contribution in [0.15, 0.2) is 42.6 Å². The van der Waals surface area contributed by atoms with Gasteiger partial charge in [0.2, 0.25) is 0 Å². The first-order valence-corrected chi connectivity index (χ1v) is 11.2. The van der Waals surface area contributed by atoms with E-state index in [1.165, 1.54) is 25.2 Å². The summed E-state index contributed by atoms with van der Waals surface area (Å²) >= 11 is 0. The van der Waals surface area contributed by atoms with Crippen LogP contribution in [0, 0.1) is 0 Å². The standard InChI is InChI=1S/C25H30N4O5/c1-32-18-5-6-21-19(13-18)20(14-26-21)16-8-10-29(11-9-16)15-24(30)27-28-25(31)17-4-7-22(33-2)23(12-17)34-3/h4-7,12-14,16,26H,8-11,15H2,1-3H3,(H,27,30)(H,28,31). The van der Waals surface area contributed by atoms with Gasteiger partial charge in [-0.15, -0.1) is 0 Å². The number of likely N-dealkylation sites (tertiary alicyclic amines) is 1. The Morgan fingerprint density at radius 1 is 0.971 bits per heavy atom. The van der Waals surface area contributed by atoms with Gasteiger partial charge in [-0.05, 0) is 73.8 Å². The highest BCUT2D eigenvalue weighted by Gasteiger charge is 2.24. The van der Waals surface area contributed by atoms with Crippen molar-refractivity contribution in [1.29, 1.82) is 0 Å². The van der Waals surface area contributed by atoms with Crippen LogP contribution in [0.5, 0.6) is 17.2 Å². The lowest BCUT2D eigenvalue weighted by molar-refractivity contribution is -0.123. The largest absolute Gasteiger partial charge is 0.497 e. The molecule has 3 aromatic rings. The van der Waals surface area contributed by atoms with Crippen molar-refractivity contribution in [2.75, 3.05) is 41.0 Å². The number of aromatic nitrogens is 1. The van der Waals surface area contributed by atoms with Crippen molar-refractivity contribution in [3.63, 3.8) is 0 Å². The summed E-state index contributed by atoms with van der Waals surface area (Å²) in [5.41, 5.74) is 7.71. The molecule has 0 bridgehead atoms. The minimum absolute atomic E-state index is 0.223. The van der Waals surface area contributed by atoms with Crippen molar-refractivity contribution in [2.24, 2.45) is 0 Å². The number of aromatic amines is 1. The Balaban J connectivity index is 1.27. The van der Waals surface area contributed by atoms with Gasteiger partial charge in [-0.25, -0.2) is 0 Å². The molecule has 1 saturated heterocycles. The quantitative estimate of drug-likeness (QED) is 0.463. The van der Waals surface area contributed by atoms with Crippen molar-refractivity contribution >= 4 is 22.7 Å². The molecule has 0 spiro atoms. The van der Waals surface area contributed by atoms with Crippen LogP contribution in [0.4, 0.5) is 0 Å². The number of hydrazine groups is 1. The molecule has 180 valence electrons. The molecule has 1 aliphatic rings. The molecule has 2 aromatic carbocycles. The molecule has 1 aromatic heterocycles. The van der Waals surface area contributed by atoms with E-state index in [1.54, 1.807) is 25.3 Å². The highest BCUT2D eigenvalue weighted by Crippen LogP contribution is 2.34. The summed E-state index contributed by atoms with van der Waals surface area (Å²) in [5, 5.41) is 1.19. The second kappa shape index (κ2) is 10.5. The summed E-state index contributed by atoms with van der Waals surface area (Å²) in [5.74, 6) is 1.55. The zero-order valence-corrected chi connectivity index (χ0v) is 19.6. The van der Waals surface area contributed by atoms with Crippen LogP contribution in [0.25, 0.3) is 10.9 Å². The van der Waals surface area contributed by atoms with Gasteiger partial charge in [0.15, 0.2) is 11.5 Å². The molecular weight excluding hydrogens is 436 g/mol. The smallest absolute Gasteiger partial charge is 0.269 e. The van der Waals surface area contributed by atoms with Crippen molar-refractivity contribution in [1.82, 2.24) is 20.7 Å². The third-order valence-electron chi connectivity index (χ3n) is 6.28. The van der Waals surface area contributed by atoms with Crippen molar-refractivity contribution in [3.8, 4) is 17.2 Å². The molecule has 2 heterocycles. The Kier molecular flexibility index (Phi) is 7.22. The van der Waals surface area contributed by atoms with Gasteiger partial charge in [0.25, 0.3) is 11.8 Å². The van der Waals surface area contributed by atoms with Gasteiger partial charge in [0, 0.05) is 22.7 Å². The molecule has 1 aliphatic heterocycles. The van der Waals surface area contributed by atoms with Crippen LogP contribution in [0.2, 0.25) is 0 Å². The van der Waals surface area contributed by atoms with E-state index in [-0.39, 0.29) is 12.5 Å². The number of amides is 2. The summed E-state index contributed by atoms with van der Waals surface area (Å²) in [6, 6.07) is 10.9. The summed E-state index contributed by atoms with van der Waals surface area (Å²) in [6.07, 6.45) is 3.99. The highest BCUT2D eigenvalue weighted by atomic mass is 16.5. The third-order valence-corrected chi connectivity index (χ3v) is 6.28. The number of rotatable bonds is 7. The molecule has 9 heteroatoms. The average molecular weight is 467 g/mol. The Bertz CT molecular complexity index is 1170. The summed E-state index contributed by atoms with van der Waals surface area (Å²) in [6.45, 7) is 1.83. The van der Waals surface area contributed by atoms with E-state index >= 15 is 0 Å². The molecule has 0 radical (unpaired) electrons. The number of piperidine rings is 1. The summed E-state index contributed by atoms with van der Waals surface area (Å²) < 4.78 is 15.8. The number of ether oxygens (including phenoxy) is 3. The third kappa shape index (κ3) is 5.09. The van der Waals surface area contributed by atoms with Crippen LogP contribution < -0.4 is 25.1 Å². The topological polar surface area (TPSA) is 105 Å². The second-order valence-corrected chi connectivity index (χ2v) is 8.28. The minimum atomic E-state index is -0.428. The van der Waals surface area contributed by atoms with Gasteiger partial charge in [0.1, 0.15) is 5.75 Å². The maximum Gasteiger partial charge on any atom is 0.269 e. The van der Waals surface area contributed by atoms with Gasteiger partial charge < -0.3 is 19.2 Å². The van der Waals surface area contributed by atoms with Gasteiger partial charge in [-0.2, -0.15) is 0 Å². The van der Waals surface area contributed by atoms with Crippen LogP contribution in [-0.4, -0.2) is 62.7 Å². The predicted octanol–water partition coefficient (Wildman–Crippen LogP) is 2.83. The van der Waals surface area contributed by atoms with Crippen LogP contribution in [-0.2, 0) is 4.79 Å². The molecule has 4 rings (SSSR count). The molecule has 9 nitrogen and oxygen atoms in total. The van der Waals surface area contributed by atoms with E-state index in [9.17, 15) is 9.59 Å². The first kappa shape index (κ1) is 23.4. The molecule has 0 unspecified atom stereocenters. The Morgan fingerprint density at radius 3 is 2.44 bits per heavy atom. The normalized spacial score (nSPS) is 14.6. The average Bonchev–Trinajstić information content (AvgIpc) is 3.30. The van der Waals surface area contributed by atoms with E-state index < -0.39 is 5.91 Å². The molecular formula is C25H30N4O5. The van der Waals surface area contributed by atoms with E-state index in [0.717, 1.165) is 37.2 Å². The lowest BCUT2D eigenvalue weighted by atomic mass is 9.89. The number of benzene rings is 2. The van der Waals surface area contributed by atoms with Gasteiger partial charge in [0.05, 0.1) is 27.9 Å². The zero-order valence-electron chi connectivity index (χ0n) is 19.6. The fraction of sp³-hybridized carbons (Fsp3) is 0.360. The number of hydrogen-bond acceptors (Lipinski definition) is 6. The SMILES string of the molecule is COc1ccc2[nH]cc(C3CCN(CC(=O)NNC(=O)c4ccc(OC)c(OC)c4)CC3)c2c1. The predicted molar refractivity (Wildman–Crippen MR) is 128 cm³/mol. The number of carbonyl (C=O) groups excluding carboxylic acids is 2. The second-order valence-electron chi connectivity index (χ2n) is 8.28. The first-order valence-electron chi connectivity index (χ1n) is 11.2. The number of carbonyl (C=O) groups is 2. The summed E-state index contributed by atoms with van der Waals surface area (Å²) in [4.78, 5) is 30.2. The van der Waals surface area contributed by atoms with Gasteiger partial charge in [-0.3, -0.25) is 25.3 Å². The van der Waals surface area contributed by atoms with Crippen molar-refractivity contribution < 1.29 is 23.8 Å². The Morgan fingerprint density at radius 2 is 1.74 bits per heavy atom. The number of fused-ring (bicyclic) bond motifs is 1. The zero-order chi connectivity index (χ0) is 24.1. The van der Waals surface area contributed by atoms with Gasteiger partial charge in [-0.1, -0.05) is 0 Å². The highest BCUT2D eigenvalue weighted by molar-refractivity contribution is 5.96. The van der Waals surface area contributed by atoms with Gasteiger partial charge >= 0.3 is 0 Å². The molecule has 0 saturated carbocycles. The molecule has 0 aliphatic carbocycles. The Labute approximate surface area is 198 Å². The minimum Gasteiger partial charge on any atom is -0.497 e. The lowest BCUT2D eigenvalue weighted by Gasteiger charge is -2.31. The number of nitrogens with zero attached hydrogens (tertiary/aromatic N) is 1. The van der Waals surface area contributed by atoms with E-state index in [0.29, 0.717) is 23.0 Å². The summed E-state index contributed by atoms with van der Waals surface area (Å²) in [7, 11) is 4.70. The van der Waals surface area contributed by atoms with Crippen molar-refractivity contribution in [2.45, 2.75) is 18.8 Å². The molecule has 3 N–H and O–H groups in total. The van der Waals surface area contributed by atoms with E-state index in [2.05, 4.69) is 33.0 Å². The molecule has 34 heavy (non-hydrogen) atoms.